The van der Waals surface area contributed by atoms with E-state index in [1.54, 1.807) is 0 Å². The molecule has 6 heteroatoms. The number of nitrogens with zero attached hydrogens (tertiary/aromatic N) is 1. The molecule has 2 aromatic carbocycles. The minimum atomic E-state index is -0.318. The Bertz CT molecular complexity index is 1110. The molecule has 0 radical (unpaired) electrons. The zero-order valence-electron chi connectivity index (χ0n) is 21.5. The van der Waals surface area contributed by atoms with Gasteiger partial charge in [-0.05, 0) is 34.4 Å². The number of ketones is 2. The van der Waals surface area contributed by atoms with Crippen LogP contribution in [0.1, 0.15) is 80.9 Å². The van der Waals surface area contributed by atoms with Crippen LogP contribution in [0.3, 0.4) is 0 Å². The summed E-state index contributed by atoms with van der Waals surface area (Å²) in [7, 11) is 0. The summed E-state index contributed by atoms with van der Waals surface area (Å²) in [6.07, 6.45) is 0.457. The number of rotatable bonds is 4. The standard InChI is InChI=1S/C29H36N2O3.BrH/c1-28(2,3)20-12-18(13-21(26(20)34)29(4,5)6)23(33)16-31-15-19-14-22(32)24(25(19)27(31)30)17-10-8-7-9-11-17;/h7-13,19,24-25,30,34H,14-16H2,1-6H3;1H. The summed E-state index contributed by atoms with van der Waals surface area (Å²) in [6.45, 7) is 12.8. The highest BCUT2D eigenvalue weighted by molar-refractivity contribution is 8.93. The van der Waals surface area contributed by atoms with Gasteiger partial charge in [-0.1, -0.05) is 71.9 Å². The molecule has 0 spiro atoms. The molecular weight excluding hydrogens is 504 g/mol. The maximum Gasteiger partial charge on any atom is 0.182 e. The number of nitrogens with one attached hydrogen (secondary N) is 1. The lowest BCUT2D eigenvalue weighted by Gasteiger charge is -2.28. The van der Waals surface area contributed by atoms with E-state index in [2.05, 4.69) is 0 Å². The number of fused-ring (bicyclic) bond motifs is 1. The summed E-state index contributed by atoms with van der Waals surface area (Å²) in [6, 6.07) is 13.3. The summed E-state index contributed by atoms with van der Waals surface area (Å²) in [4.78, 5) is 28.1. The second-order valence-corrected chi connectivity index (χ2v) is 12.0. The lowest BCUT2D eigenvalue weighted by atomic mass is 9.78. The molecule has 188 valence electrons. The minimum absolute atomic E-state index is 0. The fourth-order valence-corrected chi connectivity index (χ4v) is 5.54. The van der Waals surface area contributed by atoms with Crippen LogP contribution in [-0.2, 0) is 15.6 Å². The van der Waals surface area contributed by atoms with Crippen molar-refractivity contribution in [3.8, 4) is 5.75 Å². The highest BCUT2D eigenvalue weighted by atomic mass is 79.9. The van der Waals surface area contributed by atoms with Gasteiger partial charge in [-0.3, -0.25) is 15.0 Å². The number of halogens is 1. The highest BCUT2D eigenvalue weighted by Crippen LogP contribution is 2.46. The van der Waals surface area contributed by atoms with Gasteiger partial charge in [-0.25, -0.2) is 0 Å². The number of benzene rings is 2. The van der Waals surface area contributed by atoms with Gasteiger partial charge in [-0.15, -0.1) is 17.0 Å². The fourth-order valence-electron chi connectivity index (χ4n) is 5.54. The summed E-state index contributed by atoms with van der Waals surface area (Å²) in [5, 5.41) is 19.8. The van der Waals surface area contributed by atoms with Crippen LogP contribution in [0.25, 0.3) is 0 Å². The summed E-state index contributed by atoms with van der Waals surface area (Å²) >= 11 is 0. The summed E-state index contributed by atoms with van der Waals surface area (Å²) < 4.78 is 0. The Labute approximate surface area is 219 Å². The van der Waals surface area contributed by atoms with Crippen molar-refractivity contribution < 1.29 is 14.7 Å². The quantitative estimate of drug-likeness (QED) is 0.464. The number of phenolic OH excluding ortho intramolecular Hbond substituents is 1. The van der Waals surface area contributed by atoms with Crippen LogP contribution in [-0.4, -0.2) is 40.5 Å². The van der Waals surface area contributed by atoms with Crippen LogP contribution in [0.4, 0.5) is 0 Å². The molecule has 2 aromatic rings. The molecule has 0 amide bonds. The Hall–Kier alpha value is -2.47. The van der Waals surface area contributed by atoms with E-state index in [0.717, 1.165) is 16.7 Å². The zero-order valence-corrected chi connectivity index (χ0v) is 23.2. The number of hydrogen-bond donors (Lipinski definition) is 2. The van der Waals surface area contributed by atoms with Gasteiger partial charge in [0.2, 0.25) is 0 Å². The number of amidine groups is 1. The van der Waals surface area contributed by atoms with Crippen molar-refractivity contribution in [1.29, 1.82) is 5.41 Å². The Kier molecular flexibility index (Phi) is 7.39. The summed E-state index contributed by atoms with van der Waals surface area (Å²) in [5.74, 6) is 0.384. The number of phenols is 1. The van der Waals surface area contributed by atoms with Crippen molar-refractivity contribution in [2.45, 2.75) is 64.7 Å². The molecule has 3 atom stereocenters. The first kappa shape index (κ1) is 27.1. The molecule has 0 bridgehead atoms. The molecule has 4 rings (SSSR count). The van der Waals surface area contributed by atoms with Crippen LogP contribution in [0.2, 0.25) is 0 Å². The lowest BCUT2D eigenvalue weighted by molar-refractivity contribution is -0.119. The van der Waals surface area contributed by atoms with Crippen LogP contribution >= 0.6 is 17.0 Å². The maximum absolute atomic E-state index is 13.5. The van der Waals surface area contributed by atoms with E-state index in [4.69, 9.17) is 5.41 Å². The van der Waals surface area contributed by atoms with Crippen molar-refractivity contribution >= 4 is 34.4 Å². The second kappa shape index (κ2) is 9.53. The normalized spacial score (nSPS) is 22.2. The van der Waals surface area contributed by atoms with Gasteiger partial charge < -0.3 is 10.0 Å². The fraction of sp³-hybridized carbons (Fsp3) is 0.483. The first-order chi connectivity index (χ1) is 15.8. The molecule has 0 aromatic heterocycles. The Balaban J connectivity index is 0.00000342. The van der Waals surface area contributed by atoms with Gasteiger partial charge in [-0.2, -0.15) is 0 Å². The molecule has 1 aliphatic heterocycles. The van der Waals surface area contributed by atoms with Crippen molar-refractivity contribution in [1.82, 2.24) is 4.90 Å². The molecule has 2 aliphatic rings. The van der Waals surface area contributed by atoms with E-state index in [1.807, 2.05) is 88.9 Å². The molecule has 2 N–H and O–H groups in total. The van der Waals surface area contributed by atoms with Gasteiger partial charge in [0.15, 0.2) is 5.78 Å². The predicted octanol–water partition coefficient (Wildman–Crippen LogP) is 6.03. The SMILES string of the molecule is Br.CC(C)(C)c1cc(C(=O)CN2CC3CC(=O)C(c4ccccc4)C3C2=N)cc(C(C)(C)C)c1O. The number of likely N-dealkylation sites (tertiary alicyclic amines) is 1. The Morgan fingerprint density at radius 2 is 1.57 bits per heavy atom. The maximum atomic E-state index is 13.5. The molecule has 1 saturated heterocycles. The molecule has 35 heavy (non-hydrogen) atoms. The van der Waals surface area contributed by atoms with Gasteiger partial charge in [0.1, 0.15) is 17.4 Å². The monoisotopic (exact) mass is 540 g/mol. The van der Waals surface area contributed by atoms with Gasteiger partial charge >= 0.3 is 0 Å². The van der Waals surface area contributed by atoms with E-state index in [0.29, 0.717) is 24.4 Å². The van der Waals surface area contributed by atoms with Crippen LogP contribution in [0, 0.1) is 17.2 Å². The minimum Gasteiger partial charge on any atom is -0.507 e. The number of Topliss-reactive ketones (excluding diaryl/α,β-unsaturated/α-hetero) is 2. The zero-order chi connectivity index (χ0) is 25.0. The van der Waals surface area contributed by atoms with Crippen molar-refractivity contribution in [2.75, 3.05) is 13.1 Å². The molecule has 2 fully saturated rings. The smallest absolute Gasteiger partial charge is 0.182 e. The molecular formula is C29H37BrN2O3. The van der Waals surface area contributed by atoms with E-state index < -0.39 is 0 Å². The Morgan fingerprint density at radius 3 is 2.09 bits per heavy atom. The largest absolute Gasteiger partial charge is 0.507 e. The molecule has 1 aliphatic carbocycles. The third-order valence-electron chi connectivity index (χ3n) is 7.33. The third kappa shape index (κ3) is 5.09. The van der Waals surface area contributed by atoms with Crippen LogP contribution in [0.5, 0.6) is 5.75 Å². The van der Waals surface area contributed by atoms with Gasteiger partial charge in [0.05, 0.1) is 12.5 Å². The first-order valence-electron chi connectivity index (χ1n) is 12.1. The van der Waals surface area contributed by atoms with Crippen molar-refractivity contribution in [3.05, 3.63) is 64.7 Å². The van der Waals surface area contributed by atoms with E-state index >= 15 is 0 Å². The lowest BCUT2D eigenvalue weighted by Crippen LogP contribution is -2.34. The van der Waals surface area contributed by atoms with Crippen LogP contribution < -0.4 is 0 Å². The first-order valence-corrected chi connectivity index (χ1v) is 12.1. The average Bonchev–Trinajstić information content (AvgIpc) is 3.21. The third-order valence-corrected chi connectivity index (χ3v) is 7.33. The highest BCUT2D eigenvalue weighted by Gasteiger charge is 2.51. The van der Waals surface area contributed by atoms with E-state index in [9.17, 15) is 14.7 Å². The van der Waals surface area contributed by atoms with Crippen molar-refractivity contribution in [2.24, 2.45) is 11.8 Å². The molecule has 3 unspecified atom stereocenters. The number of aromatic hydroxyl groups is 1. The van der Waals surface area contributed by atoms with E-state index in [1.165, 1.54) is 0 Å². The van der Waals surface area contributed by atoms with E-state index in [-0.39, 0.29) is 69.4 Å². The second-order valence-electron chi connectivity index (χ2n) is 12.0. The molecule has 1 heterocycles. The predicted molar refractivity (Wildman–Crippen MR) is 145 cm³/mol. The average molecular weight is 542 g/mol. The molecule has 5 nitrogen and oxygen atoms in total. The van der Waals surface area contributed by atoms with Crippen LogP contribution in [0.15, 0.2) is 42.5 Å². The molecule has 1 saturated carbocycles. The van der Waals surface area contributed by atoms with Crippen molar-refractivity contribution in [3.63, 3.8) is 0 Å². The Morgan fingerprint density at radius 1 is 1.03 bits per heavy atom. The number of hydrogen-bond acceptors (Lipinski definition) is 4. The van der Waals surface area contributed by atoms with Gasteiger partial charge in [0.25, 0.3) is 0 Å². The summed E-state index contributed by atoms with van der Waals surface area (Å²) in [5.41, 5.74) is 2.40. The number of carbonyl (C=O) groups excluding carboxylic acids is 2. The topological polar surface area (TPSA) is 81.5 Å². The van der Waals surface area contributed by atoms with Gasteiger partial charge in [0, 0.05) is 35.6 Å². The number of carbonyl (C=O) groups is 2.